The van der Waals surface area contributed by atoms with Gasteiger partial charge in [0.25, 0.3) is 0 Å². The smallest absolute Gasteiger partial charge is 0.127 e. The number of thiocarbonyl (C=S) groups is 1. The highest BCUT2D eigenvalue weighted by Gasteiger charge is 2.19. The second-order valence-electron chi connectivity index (χ2n) is 4.83. The lowest BCUT2D eigenvalue weighted by Crippen LogP contribution is -2.33. The second kappa shape index (κ2) is 6.68. The van der Waals surface area contributed by atoms with Crippen molar-refractivity contribution in [2.24, 2.45) is 5.73 Å². The van der Waals surface area contributed by atoms with E-state index >= 15 is 0 Å². The third-order valence-electron chi connectivity index (χ3n) is 3.14. The average Bonchev–Trinajstić information content (AvgIpc) is 2.76. The fourth-order valence-electron chi connectivity index (χ4n) is 2.46. The van der Waals surface area contributed by atoms with Crippen LogP contribution < -0.4 is 10.5 Å². The number of nitrogens with two attached hydrogens (primary N) is 1. The molecule has 0 radical (unpaired) electrons. The first-order valence-corrected chi connectivity index (χ1v) is 7.75. The zero-order chi connectivity index (χ0) is 13.8. The van der Waals surface area contributed by atoms with Crippen molar-refractivity contribution in [3.8, 4) is 5.75 Å². The minimum Gasteiger partial charge on any atom is -0.493 e. The van der Waals surface area contributed by atoms with Crippen molar-refractivity contribution >= 4 is 33.1 Å². The van der Waals surface area contributed by atoms with E-state index < -0.39 is 0 Å². The van der Waals surface area contributed by atoms with Crippen LogP contribution in [0.4, 0.5) is 0 Å². The van der Waals surface area contributed by atoms with Crippen molar-refractivity contribution in [1.29, 1.82) is 0 Å². The third kappa shape index (κ3) is 3.91. The predicted molar refractivity (Wildman–Crippen MR) is 85.7 cm³/mol. The van der Waals surface area contributed by atoms with Crippen LogP contribution in [0.5, 0.6) is 5.75 Å². The van der Waals surface area contributed by atoms with Crippen molar-refractivity contribution in [2.45, 2.75) is 26.3 Å². The molecule has 0 fully saturated rings. The van der Waals surface area contributed by atoms with Gasteiger partial charge in [-0.25, -0.2) is 0 Å². The molecule has 0 saturated heterocycles. The molecule has 1 heterocycles. The normalized spacial score (nSPS) is 13.4. The van der Waals surface area contributed by atoms with Crippen LogP contribution in [0.3, 0.4) is 0 Å². The molecular weight excluding hydrogens is 324 g/mol. The molecule has 2 N–H and O–H groups in total. The Morgan fingerprint density at radius 1 is 1.53 bits per heavy atom. The Labute approximate surface area is 128 Å². The summed E-state index contributed by atoms with van der Waals surface area (Å²) in [6, 6.07) is 4.27. The largest absolute Gasteiger partial charge is 0.493 e. The minimum atomic E-state index is 0.543. The van der Waals surface area contributed by atoms with Crippen LogP contribution in [0.2, 0.25) is 0 Å². The summed E-state index contributed by atoms with van der Waals surface area (Å²) in [5, 5.41) is 0. The molecule has 0 saturated carbocycles. The highest BCUT2D eigenvalue weighted by molar-refractivity contribution is 9.10. The van der Waals surface area contributed by atoms with Crippen LogP contribution in [-0.2, 0) is 13.0 Å². The Morgan fingerprint density at radius 3 is 3.00 bits per heavy atom. The van der Waals surface area contributed by atoms with Gasteiger partial charge in [-0.3, -0.25) is 4.90 Å². The number of fused-ring (bicyclic) bond motifs is 1. The van der Waals surface area contributed by atoms with Crippen LogP contribution >= 0.6 is 28.1 Å². The van der Waals surface area contributed by atoms with Crippen molar-refractivity contribution < 1.29 is 4.74 Å². The lowest BCUT2D eigenvalue weighted by Gasteiger charge is -2.22. The standard InChI is InChI=1S/C14H19BrN2OS/c1-2-4-17(9-13(16)19)8-11-7-12(15)6-10-3-5-18-14(10)11/h6-7H,2-5,8-9H2,1H3,(H2,16,19). The number of rotatable bonds is 6. The first-order chi connectivity index (χ1) is 9.10. The lowest BCUT2D eigenvalue weighted by atomic mass is 10.1. The summed E-state index contributed by atoms with van der Waals surface area (Å²) in [6.45, 7) is 5.41. The molecule has 2 rings (SSSR count). The average molecular weight is 343 g/mol. The summed E-state index contributed by atoms with van der Waals surface area (Å²) in [6.07, 6.45) is 2.07. The van der Waals surface area contributed by atoms with Gasteiger partial charge in [-0.05, 0) is 30.7 Å². The van der Waals surface area contributed by atoms with Crippen LogP contribution in [0.25, 0.3) is 0 Å². The van der Waals surface area contributed by atoms with E-state index in [1.165, 1.54) is 11.1 Å². The summed E-state index contributed by atoms with van der Waals surface area (Å²) in [5.41, 5.74) is 8.17. The molecule has 0 aliphatic carbocycles. The summed E-state index contributed by atoms with van der Waals surface area (Å²) in [7, 11) is 0. The van der Waals surface area contributed by atoms with Crippen LogP contribution in [0.1, 0.15) is 24.5 Å². The second-order valence-corrected chi connectivity index (χ2v) is 6.27. The number of ether oxygens (including phenoxy) is 1. The van der Waals surface area contributed by atoms with Gasteiger partial charge >= 0.3 is 0 Å². The Morgan fingerprint density at radius 2 is 2.32 bits per heavy atom. The van der Waals surface area contributed by atoms with Gasteiger partial charge in [0.05, 0.1) is 11.6 Å². The van der Waals surface area contributed by atoms with Gasteiger partial charge in [0, 0.05) is 29.5 Å². The fourth-order valence-corrected chi connectivity index (χ4v) is 3.19. The molecule has 1 aliphatic heterocycles. The van der Waals surface area contributed by atoms with E-state index in [2.05, 4.69) is 39.9 Å². The summed E-state index contributed by atoms with van der Waals surface area (Å²) in [5.74, 6) is 1.05. The van der Waals surface area contributed by atoms with E-state index in [-0.39, 0.29) is 0 Å². The Bertz CT molecular complexity index is 479. The molecule has 0 atom stereocenters. The molecule has 5 heteroatoms. The molecule has 0 spiro atoms. The van der Waals surface area contributed by atoms with Gasteiger partial charge in [-0.15, -0.1) is 0 Å². The van der Waals surface area contributed by atoms with Gasteiger partial charge in [-0.1, -0.05) is 35.1 Å². The molecule has 1 aromatic carbocycles. The van der Waals surface area contributed by atoms with Gasteiger partial charge in [-0.2, -0.15) is 0 Å². The Balaban J connectivity index is 2.19. The summed E-state index contributed by atoms with van der Waals surface area (Å²) >= 11 is 8.59. The number of halogens is 1. The van der Waals surface area contributed by atoms with Crippen molar-refractivity contribution in [1.82, 2.24) is 4.90 Å². The van der Waals surface area contributed by atoms with E-state index in [4.69, 9.17) is 22.7 Å². The Kier molecular flexibility index (Phi) is 5.19. The van der Waals surface area contributed by atoms with Crippen molar-refractivity contribution in [2.75, 3.05) is 19.7 Å². The maximum atomic E-state index is 5.76. The maximum absolute atomic E-state index is 5.76. The predicted octanol–water partition coefficient (Wildman–Crippen LogP) is 2.88. The molecule has 1 aliphatic rings. The van der Waals surface area contributed by atoms with Gasteiger partial charge < -0.3 is 10.5 Å². The molecule has 104 valence electrons. The van der Waals surface area contributed by atoms with Gasteiger partial charge in [0.1, 0.15) is 5.75 Å². The number of hydrogen-bond acceptors (Lipinski definition) is 3. The molecule has 0 unspecified atom stereocenters. The highest BCUT2D eigenvalue weighted by Crippen LogP contribution is 2.33. The number of benzene rings is 1. The SMILES string of the molecule is CCCN(CC(N)=S)Cc1cc(Br)cc2c1OCC2. The van der Waals surface area contributed by atoms with Crippen molar-refractivity contribution in [3.05, 3.63) is 27.7 Å². The Hall–Kier alpha value is -0.650. The van der Waals surface area contributed by atoms with E-state index in [9.17, 15) is 0 Å². The van der Waals surface area contributed by atoms with E-state index in [1.807, 2.05) is 0 Å². The first-order valence-electron chi connectivity index (χ1n) is 6.55. The quantitative estimate of drug-likeness (QED) is 0.806. The molecule has 19 heavy (non-hydrogen) atoms. The van der Waals surface area contributed by atoms with Crippen molar-refractivity contribution in [3.63, 3.8) is 0 Å². The van der Waals surface area contributed by atoms with E-state index in [1.54, 1.807) is 0 Å². The zero-order valence-electron chi connectivity index (χ0n) is 11.1. The van der Waals surface area contributed by atoms with E-state index in [0.717, 1.165) is 42.8 Å². The molecular formula is C14H19BrN2OS. The third-order valence-corrected chi connectivity index (χ3v) is 3.73. The summed E-state index contributed by atoms with van der Waals surface area (Å²) < 4.78 is 6.87. The molecule has 0 bridgehead atoms. The van der Waals surface area contributed by atoms with Gasteiger partial charge in [0.15, 0.2) is 0 Å². The number of hydrogen-bond donors (Lipinski definition) is 1. The first kappa shape index (κ1) is 14.8. The van der Waals surface area contributed by atoms with Crippen LogP contribution in [0, 0.1) is 0 Å². The topological polar surface area (TPSA) is 38.5 Å². The minimum absolute atomic E-state index is 0.543. The monoisotopic (exact) mass is 342 g/mol. The highest BCUT2D eigenvalue weighted by atomic mass is 79.9. The molecule has 3 nitrogen and oxygen atoms in total. The van der Waals surface area contributed by atoms with Crippen LogP contribution in [-0.4, -0.2) is 29.6 Å². The van der Waals surface area contributed by atoms with E-state index in [0.29, 0.717) is 11.5 Å². The van der Waals surface area contributed by atoms with Gasteiger partial charge in [0.2, 0.25) is 0 Å². The molecule has 0 aromatic heterocycles. The number of nitrogens with zero attached hydrogens (tertiary/aromatic N) is 1. The molecule has 0 amide bonds. The fraction of sp³-hybridized carbons (Fsp3) is 0.500. The molecule has 1 aromatic rings. The van der Waals surface area contributed by atoms with Crippen LogP contribution in [0.15, 0.2) is 16.6 Å². The lowest BCUT2D eigenvalue weighted by molar-refractivity contribution is 0.293. The zero-order valence-corrected chi connectivity index (χ0v) is 13.5. The maximum Gasteiger partial charge on any atom is 0.127 e. The summed E-state index contributed by atoms with van der Waals surface area (Å²) in [4.78, 5) is 2.81.